The van der Waals surface area contributed by atoms with Crippen molar-refractivity contribution in [3.05, 3.63) is 72.6 Å². The van der Waals surface area contributed by atoms with Crippen LogP contribution in [0.3, 0.4) is 0 Å². The van der Waals surface area contributed by atoms with E-state index in [2.05, 4.69) is 38.5 Å². The molecule has 0 fully saturated rings. The first-order valence-corrected chi connectivity index (χ1v) is 9.37. The lowest BCUT2D eigenvalue weighted by Gasteiger charge is -2.12. The number of aryl methyl sites for hydroxylation is 2. The third-order valence-corrected chi connectivity index (χ3v) is 4.84. The number of rotatable bonds is 5. The molecule has 0 spiro atoms. The van der Waals surface area contributed by atoms with Crippen LogP contribution in [0, 0.1) is 6.92 Å². The maximum absolute atomic E-state index is 6.05. The topological polar surface area (TPSA) is 81.6 Å². The minimum atomic E-state index is 0.715. The van der Waals surface area contributed by atoms with Gasteiger partial charge in [-0.2, -0.15) is 10.2 Å². The third-order valence-electron chi connectivity index (χ3n) is 4.84. The van der Waals surface area contributed by atoms with Gasteiger partial charge in [0.15, 0.2) is 11.5 Å². The van der Waals surface area contributed by atoms with Gasteiger partial charge in [-0.15, -0.1) is 0 Å². The van der Waals surface area contributed by atoms with Gasteiger partial charge in [-0.3, -0.25) is 0 Å². The van der Waals surface area contributed by atoms with Gasteiger partial charge in [-0.05, 0) is 54.8 Å². The predicted molar refractivity (Wildman–Crippen MR) is 110 cm³/mol. The van der Waals surface area contributed by atoms with E-state index in [1.807, 2.05) is 54.2 Å². The molecule has 8 heteroatoms. The highest BCUT2D eigenvalue weighted by atomic mass is 16.5. The summed E-state index contributed by atoms with van der Waals surface area (Å²) < 4.78 is 9.59. The van der Waals surface area contributed by atoms with Gasteiger partial charge >= 0.3 is 0 Å². The average Bonchev–Trinajstić information content (AvgIpc) is 3.36. The minimum Gasteiger partial charge on any atom is -0.457 e. The molecule has 1 N–H and O–H groups in total. The lowest BCUT2D eigenvalue weighted by molar-refractivity contribution is 0.478. The molecule has 0 saturated carbocycles. The van der Waals surface area contributed by atoms with Gasteiger partial charge in [0.2, 0.25) is 0 Å². The van der Waals surface area contributed by atoms with Gasteiger partial charge in [0.05, 0.1) is 0 Å². The summed E-state index contributed by atoms with van der Waals surface area (Å²) in [6.07, 6.45) is 7.77. The Labute approximate surface area is 166 Å². The summed E-state index contributed by atoms with van der Waals surface area (Å²) in [7, 11) is 0. The molecule has 1 aromatic carbocycles. The Hall–Kier alpha value is -3.94. The number of hydrogen-bond donors (Lipinski definition) is 1. The maximum Gasteiger partial charge on any atom is 0.158 e. The fourth-order valence-electron chi connectivity index (χ4n) is 3.36. The van der Waals surface area contributed by atoms with Crippen LogP contribution in [0.15, 0.2) is 61.4 Å². The van der Waals surface area contributed by atoms with Crippen LogP contribution >= 0.6 is 0 Å². The lowest BCUT2D eigenvalue weighted by Crippen LogP contribution is -2.01. The highest BCUT2D eigenvalue weighted by molar-refractivity contribution is 5.76. The molecule has 144 valence electrons. The Morgan fingerprint density at radius 1 is 0.966 bits per heavy atom. The Morgan fingerprint density at radius 2 is 1.79 bits per heavy atom. The second kappa shape index (κ2) is 6.90. The quantitative estimate of drug-likeness (QED) is 0.489. The van der Waals surface area contributed by atoms with Crippen molar-refractivity contribution >= 4 is 22.7 Å². The molecule has 0 radical (unpaired) electrons. The number of pyridine rings is 1. The Bertz CT molecular complexity index is 1320. The number of nitrogens with one attached hydrogen (secondary N) is 1. The summed E-state index contributed by atoms with van der Waals surface area (Å²) in [6.45, 7) is 4.14. The molecular formula is C21H19N7O. The number of hydrogen-bond acceptors (Lipinski definition) is 6. The first-order chi connectivity index (χ1) is 14.2. The van der Waals surface area contributed by atoms with E-state index < -0.39 is 0 Å². The van der Waals surface area contributed by atoms with Crippen molar-refractivity contribution in [2.75, 3.05) is 5.32 Å². The molecule has 29 heavy (non-hydrogen) atoms. The highest BCUT2D eigenvalue weighted by Crippen LogP contribution is 2.30. The standard InChI is InChI=1S/C21H19N7O/c1-3-15-6-8-28-20(15)21(23-13-25-28)26-16-4-5-18(14(2)10-16)29-17-7-9-27-19(11-17)22-12-24-27/h4-13H,3H2,1-2H3,(H,23,25,26). The van der Waals surface area contributed by atoms with Crippen LogP contribution in [0.2, 0.25) is 0 Å². The van der Waals surface area contributed by atoms with Crippen molar-refractivity contribution in [1.29, 1.82) is 0 Å². The van der Waals surface area contributed by atoms with Crippen LogP contribution in [-0.4, -0.2) is 29.2 Å². The fourth-order valence-corrected chi connectivity index (χ4v) is 3.36. The molecule has 0 bridgehead atoms. The number of fused-ring (bicyclic) bond motifs is 2. The summed E-state index contributed by atoms with van der Waals surface area (Å²) in [6, 6.07) is 11.8. The van der Waals surface area contributed by atoms with E-state index in [-0.39, 0.29) is 0 Å². The minimum absolute atomic E-state index is 0.715. The molecule has 5 aromatic rings. The number of ether oxygens (including phenoxy) is 1. The molecule has 8 nitrogen and oxygen atoms in total. The largest absolute Gasteiger partial charge is 0.457 e. The molecule has 0 aliphatic carbocycles. The number of anilines is 2. The van der Waals surface area contributed by atoms with E-state index in [9.17, 15) is 0 Å². The van der Waals surface area contributed by atoms with Gasteiger partial charge < -0.3 is 10.1 Å². The molecule has 0 aliphatic rings. The summed E-state index contributed by atoms with van der Waals surface area (Å²) >= 11 is 0. The molecule has 4 heterocycles. The Kier molecular flexibility index (Phi) is 4.09. The van der Waals surface area contributed by atoms with Crippen molar-refractivity contribution in [2.24, 2.45) is 0 Å². The van der Waals surface area contributed by atoms with Crippen LogP contribution in [-0.2, 0) is 6.42 Å². The molecular weight excluding hydrogens is 366 g/mol. The van der Waals surface area contributed by atoms with Crippen molar-refractivity contribution in [3.8, 4) is 11.5 Å². The summed E-state index contributed by atoms with van der Waals surface area (Å²) in [5.74, 6) is 2.28. The average molecular weight is 385 g/mol. The van der Waals surface area contributed by atoms with E-state index in [4.69, 9.17) is 4.74 Å². The Morgan fingerprint density at radius 3 is 2.66 bits per heavy atom. The monoisotopic (exact) mass is 385 g/mol. The third kappa shape index (κ3) is 3.14. The van der Waals surface area contributed by atoms with Crippen LogP contribution in [0.4, 0.5) is 11.5 Å². The maximum atomic E-state index is 6.05. The van der Waals surface area contributed by atoms with Crippen molar-refractivity contribution in [3.63, 3.8) is 0 Å². The molecule has 5 rings (SSSR count). The van der Waals surface area contributed by atoms with Gasteiger partial charge in [0.1, 0.15) is 29.7 Å². The first-order valence-electron chi connectivity index (χ1n) is 9.37. The van der Waals surface area contributed by atoms with Gasteiger partial charge in [0.25, 0.3) is 0 Å². The zero-order valence-corrected chi connectivity index (χ0v) is 16.1. The normalized spacial score (nSPS) is 11.2. The number of benzene rings is 1. The fraction of sp³-hybridized carbons (Fsp3) is 0.143. The molecule has 0 saturated heterocycles. The number of aromatic nitrogens is 6. The molecule has 0 unspecified atom stereocenters. The van der Waals surface area contributed by atoms with Crippen LogP contribution < -0.4 is 10.1 Å². The highest BCUT2D eigenvalue weighted by Gasteiger charge is 2.10. The lowest BCUT2D eigenvalue weighted by atomic mass is 10.2. The van der Waals surface area contributed by atoms with E-state index in [1.54, 1.807) is 10.8 Å². The molecule has 0 atom stereocenters. The zero-order chi connectivity index (χ0) is 19.8. The molecule has 0 amide bonds. The van der Waals surface area contributed by atoms with Crippen LogP contribution in [0.1, 0.15) is 18.1 Å². The van der Waals surface area contributed by atoms with Crippen molar-refractivity contribution in [1.82, 2.24) is 29.2 Å². The van der Waals surface area contributed by atoms with E-state index in [0.717, 1.165) is 40.4 Å². The van der Waals surface area contributed by atoms with Gasteiger partial charge in [-0.1, -0.05) is 6.92 Å². The second-order valence-corrected chi connectivity index (χ2v) is 6.73. The van der Waals surface area contributed by atoms with Crippen molar-refractivity contribution in [2.45, 2.75) is 20.3 Å². The van der Waals surface area contributed by atoms with Crippen LogP contribution in [0.5, 0.6) is 11.5 Å². The van der Waals surface area contributed by atoms with Gasteiger partial charge in [0, 0.05) is 24.1 Å². The Balaban J connectivity index is 1.42. The van der Waals surface area contributed by atoms with Crippen molar-refractivity contribution < 1.29 is 4.74 Å². The zero-order valence-electron chi connectivity index (χ0n) is 16.1. The summed E-state index contributed by atoms with van der Waals surface area (Å²) in [4.78, 5) is 8.62. The van der Waals surface area contributed by atoms with E-state index >= 15 is 0 Å². The first kappa shape index (κ1) is 17.2. The smallest absolute Gasteiger partial charge is 0.158 e. The SMILES string of the molecule is CCc1ccn2ncnc(Nc3ccc(Oc4ccn5ncnc5c4)c(C)c3)c12. The number of nitrogens with zero attached hydrogens (tertiary/aromatic N) is 6. The van der Waals surface area contributed by atoms with E-state index in [0.29, 0.717) is 5.75 Å². The predicted octanol–water partition coefficient (Wildman–Crippen LogP) is 4.18. The van der Waals surface area contributed by atoms with Crippen LogP contribution in [0.25, 0.3) is 11.2 Å². The summed E-state index contributed by atoms with van der Waals surface area (Å²) in [5, 5.41) is 11.8. The molecule has 0 aliphatic heterocycles. The second-order valence-electron chi connectivity index (χ2n) is 6.73. The molecule has 4 aromatic heterocycles. The van der Waals surface area contributed by atoms with Gasteiger partial charge in [-0.25, -0.2) is 19.0 Å². The van der Waals surface area contributed by atoms with E-state index in [1.165, 1.54) is 11.9 Å². The summed E-state index contributed by atoms with van der Waals surface area (Å²) in [5.41, 5.74) is 4.88.